The molecule has 0 atom stereocenters. The van der Waals surface area contributed by atoms with E-state index in [9.17, 15) is 9.59 Å². The predicted molar refractivity (Wildman–Crippen MR) is 58.7 cm³/mol. The second kappa shape index (κ2) is 8.82. The van der Waals surface area contributed by atoms with Gasteiger partial charge in [0.15, 0.2) is 0 Å². The number of ether oxygens (including phenoxy) is 2. The van der Waals surface area contributed by atoms with Gasteiger partial charge >= 0.3 is 12.2 Å². The molecule has 94 valence electrons. The number of nitrogens with two attached hydrogens (primary N) is 2. The number of carbonyl (C=O) groups is 2. The molecule has 0 aliphatic rings. The van der Waals surface area contributed by atoms with Crippen LogP contribution in [-0.4, -0.2) is 25.4 Å². The van der Waals surface area contributed by atoms with E-state index >= 15 is 0 Å². The van der Waals surface area contributed by atoms with Gasteiger partial charge in [0.2, 0.25) is 0 Å². The summed E-state index contributed by atoms with van der Waals surface area (Å²) in [6.07, 6.45) is 2.35. The minimum atomic E-state index is -0.820. The summed E-state index contributed by atoms with van der Waals surface area (Å²) in [5.41, 5.74) is 9.72. The Bertz CT molecular complexity index is 203. The third kappa shape index (κ3) is 9.11. The van der Waals surface area contributed by atoms with Crippen molar-refractivity contribution in [2.45, 2.75) is 32.6 Å². The first kappa shape index (κ1) is 14.5. The first-order valence-electron chi connectivity index (χ1n) is 5.40. The highest BCUT2D eigenvalue weighted by Gasteiger charge is 2.12. The van der Waals surface area contributed by atoms with Gasteiger partial charge in [-0.3, -0.25) is 0 Å². The number of rotatable bonds is 8. The maximum absolute atomic E-state index is 10.4. The zero-order valence-corrected chi connectivity index (χ0v) is 9.61. The molecule has 0 aliphatic carbocycles. The van der Waals surface area contributed by atoms with Crippen molar-refractivity contribution in [2.24, 2.45) is 17.4 Å². The van der Waals surface area contributed by atoms with Crippen molar-refractivity contribution in [3.63, 3.8) is 0 Å². The Labute approximate surface area is 95.3 Å². The molecule has 16 heavy (non-hydrogen) atoms. The molecule has 4 N–H and O–H groups in total. The molecule has 0 spiro atoms. The van der Waals surface area contributed by atoms with Gasteiger partial charge in [-0.25, -0.2) is 9.59 Å². The highest BCUT2D eigenvalue weighted by molar-refractivity contribution is 5.65. The second-order valence-corrected chi connectivity index (χ2v) is 3.62. The smallest absolute Gasteiger partial charge is 0.404 e. The van der Waals surface area contributed by atoms with E-state index in [0.717, 1.165) is 25.7 Å². The quantitative estimate of drug-likeness (QED) is 0.616. The standard InChI is InChI=1S/C10H20N2O4/c1-2-3-4-5-8(6-15-9(11)13)7-16-10(12)14/h8H,2-7H2,1H3,(H2,11,13)(H2,12,14). The normalized spacial score (nSPS) is 10.1. The molecule has 6 nitrogen and oxygen atoms in total. The minimum Gasteiger partial charge on any atom is -0.449 e. The highest BCUT2D eigenvalue weighted by atomic mass is 16.6. The van der Waals surface area contributed by atoms with Crippen LogP contribution in [0.25, 0.3) is 0 Å². The summed E-state index contributed by atoms with van der Waals surface area (Å²) in [6.45, 7) is 2.41. The van der Waals surface area contributed by atoms with E-state index in [4.69, 9.17) is 11.5 Å². The van der Waals surface area contributed by atoms with Crippen LogP contribution in [0.1, 0.15) is 32.6 Å². The average Bonchev–Trinajstić information content (AvgIpc) is 2.21. The Morgan fingerprint density at radius 3 is 1.94 bits per heavy atom. The molecule has 0 saturated heterocycles. The fraction of sp³-hybridized carbons (Fsp3) is 0.800. The molecule has 0 bridgehead atoms. The number of hydrogen-bond donors (Lipinski definition) is 2. The first-order chi connectivity index (χ1) is 7.56. The van der Waals surface area contributed by atoms with E-state index in [1.807, 2.05) is 0 Å². The van der Waals surface area contributed by atoms with E-state index in [1.54, 1.807) is 0 Å². The van der Waals surface area contributed by atoms with Gasteiger partial charge in [-0.05, 0) is 6.42 Å². The van der Waals surface area contributed by atoms with Crippen LogP contribution in [0.4, 0.5) is 9.59 Å². The van der Waals surface area contributed by atoms with E-state index in [2.05, 4.69) is 16.4 Å². The lowest BCUT2D eigenvalue weighted by molar-refractivity contribution is 0.0896. The van der Waals surface area contributed by atoms with Crippen LogP contribution in [0.15, 0.2) is 0 Å². The van der Waals surface area contributed by atoms with Crippen LogP contribution in [0.3, 0.4) is 0 Å². The van der Waals surface area contributed by atoms with Crippen LogP contribution in [-0.2, 0) is 9.47 Å². The predicted octanol–water partition coefficient (Wildman–Crippen LogP) is 1.37. The van der Waals surface area contributed by atoms with Crippen LogP contribution in [0.2, 0.25) is 0 Å². The van der Waals surface area contributed by atoms with Gasteiger partial charge in [-0.15, -0.1) is 0 Å². The van der Waals surface area contributed by atoms with Crippen molar-refractivity contribution in [2.75, 3.05) is 13.2 Å². The molecule has 0 aromatic rings. The van der Waals surface area contributed by atoms with Crippen LogP contribution >= 0.6 is 0 Å². The van der Waals surface area contributed by atoms with Gasteiger partial charge in [0.05, 0.1) is 13.2 Å². The van der Waals surface area contributed by atoms with Gasteiger partial charge in [0, 0.05) is 5.92 Å². The molecule has 0 aromatic heterocycles. The molecule has 0 aromatic carbocycles. The lowest BCUT2D eigenvalue weighted by Crippen LogP contribution is -2.25. The summed E-state index contributed by atoms with van der Waals surface area (Å²) in [5, 5.41) is 0. The van der Waals surface area contributed by atoms with Crippen molar-refractivity contribution >= 4 is 12.2 Å². The van der Waals surface area contributed by atoms with Gasteiger partial charge < -0.3 is 20.9 Å². The molecule has 0 heterocycles. The maximum Gasteiger partial charge on any atom is 0.404 e. The van der Waals surface area contributed by atoms with Crippen molar-refractivity contribution in [1.82, 2.24) is 0 Å². The molecule has 0 fully saturated rings. The molecular weight excluding hydrogens is 212 g/mol. The van der Waals surface area contributed by atoms with Gasteiger partial charge in [0.1, 0.15) is 0 Å². The number of primary amides is 2. The SMILES string of the molecule is CCCCCC(COC(N)=O)COC(N)=O. The second-order valence-electron chi connectivity index (χ2n) is 3.62. The largest absolute Gasteiger partial charge is 0.449 e. The molecule has 0 aliphatic heterocycles. The van der Waals surface area contributed by atoms with Crippen LogP contribution in [0, 0.1) is 5.92 Å². The molecule has 0 rings (SSSR count). The van der Waals surface area contributed by atoms with Crippen LogP contribution in [0.5, 0.6) is 0 Å². The van der Waals surface area contributed by atoms with E-state index in [1.165, 1.54) is 0 Å². The molecule has 2 amide bonds. The summed E-state index contributed by atoms with van der Waals surface area (Å²) >= 11 is 0. The first-order valence-corrected chi connectivity index (χ1v) is 5.40. The molecule has 0 saturated carbocycles. The lowest BCUT2D eigenvalue weighted by atomic mass is 10.0. The monoisotopic (exact) mass is 232 g/mol. The third-order valence-electron chi connectivity index (χ3n) is 2.14. The fourth-order valence-corrected chi connectivity index (χ4v) is 1.30. The van der Waals surface area contributed by atoms with E-state index in [-0.39, 0.29) is 19.1 Å². The number of amides is 2. The Hall–Kier alpha value is -1.46. The minimum absolute atomic E-state index is 0.0356. The summed E-state index contributed by atoms with van der Waals surface area (Å²) < 4.78 is 9.35. The Morgan fingerprint density at radius 2 is 1.56 bits per heavy atom. The molecule has 0 radical (unpaired) electrons. The summed E-state index contributed by atoms with van der Waals surface area (Å²) in [5.74, 6) is -0.0356. The van der Waals surface area contributed by atoms with Crippen molar-refractivity contribution in [1.29, 1.82) is 0 Å². The molecule has 0 unspecified atom stereocenters. The zero-order valence-electron chi connectivity index (χ0n) is 9.61. The Balaban J connectivity index is 3.84. The third-order valence-corrected chi connectivity index (χ3v) is 2.14. The van der Waals surface area contributed by atoms with Crippen molar-refractivity contribution in [3.8, 4) is 0 Å². The number of unbranched alkanes of at least 4 members (excludes halogenated alkanes) is 2. The van der Waals surface area contributed by atoms with Gasteiger partial charge in [0.25, 0.3) is 0 Å². The van der Waals surface area contributed by atoms with Crippen molar-refractivity contribution in [3.05, 3.63) is 0 Å². The fourth-order valence-electron chi connectivity index (χ4n) is 1.30. The van der Waals surface area contributed by atoms with E-state index in [0.29, 0.717) is 0 Å². The number of hydrogen-bond acceptors (Lipinski definition) is 4. The summed E-state index contributed by atoms with van der Waals surface area (Å²) in [6, 6.07) is 0. The zero-order chi connectivity index (χ0) is 12.4. The van der Waals surface area contributed by atoms with Crippen LogP contribution < -0.4 is 11.5 Å². The summed E-state index contributed by atoms with van der Waals surface area (Å²) in [7, 11) is 0. The molecule has 6 heteroatoms. The van der Waals surface area contributed by atoms with E-state index < -0.39 is 12.2 Å². The average molecular weight is 232 g/mol. The Morgan fingerprint density at radius 1 is 1.06 bits per heavy atom. The highest BCUT2D eigenvalue weighted by Crippen LogP contribution is 2.11. The lowest BCUT2D eigenvalue weighted by Gasteiger charge is -2.15. The Kier molecular flexibility index (Phi) is 8.01. The topological polar surface area (TPSA) is 105 Å². The maximum atomic E-state index is 10.4. The van der Waals surface area contributed by atoms with Crippen molar-refractivity contribution < 1.29 is 19.1 Å². The summed E-state index contributed by atoms with van der Waals surface area (Å²) in [4.78, 5) is 20.9. The van der Waals surface area contributed by atoms with Gasteiger partial charge in [-0.1, -0.05) is 26.2 Å². The van der Waals surface area contributed by atoms with Gasteiger partial charge in [-0.2, -0.15) is 0 Å². The molecular formula is C10H20N2O4. The number of carbonyl (C=O) groups excluding carboxylic acids is 2.